The van der Waals surface area contributed by atoms with E-state index in [1.54, 1.807) is 13.0 Å². The van der Waals surface area contributed by atoms with Crippen molar-refractivity contribution >= 4 is 43.2 Å². The van der Waals surface area contributed by atoms with E-state index in [4.69, 9.17) is 0 Å². The molecule has 2 N–H and O–H groups in total. The van der Waals surface area contributed by atoms with Crippen LogP contribution in [0, 0.1) is 6.92 Å². The van der Waals surface area contributed by atoms with Crippen molar-refractivity contribution in [3.05, 3.63) is 14.7 Å². The fraction of sp³-hybridized carbons (Fsp3) is 0.444. The van der Waals surface area contributed by atoms with Gasteiger partial charge in [0, 0.05) is 24.9 Å². The molecule has 0 bridgehead atoms. The van der Waals surface area contributed by atoms with Crippen molar-refractivity contribution in [1.29, 1.82) is 0 Å². The summed E-state index contributed by atoms with van der Waals surface area (Å²) >= 11 is 4.60. The van der Waals surface area contributed by atoms with Crippen LogP contribution in [0.4, 0.5) is 0 Å². The zero-order valence-electron chi connectivity index (χ0n) is 9.41. The number of sulfonamides is 1. The van der Waals surface area contributed by atoms with Crippen LogP contribution in [0.3, 0.4) is 0 Å². The zero-order chi connectivity index (χ0) is 13.1. The molecule has 0 saturated heterocycles. The predicted molar refractivity (Wildman–Crippen MR) is 70.6 cm³/mol. The summed E-state index contributed by atoms with van der Waals surface area (Å²) in [5, 5.41) is 2.43. The number of aryl methyl sites for hydroxylation is 1. The number of nitrogens with one attached hydrogen (secondary N) is 2. The van der Waals surface area contributed by atoms with Gasteiger partial charge in [0.2, 0.25) is 15.9 Å². The Bertz CT molecular complexity index is 510. The smallest absolute Gasteiger partial charge is 0.241 e. The molecule has 0 saturated carbocycles. The summed E-state index contributed by atoms with van der Waals surface area (Å²) < 4.78 is 26.9. The van der Waals surface area contributed by atoms with Crippen molar-refractivity contribution in [3.63, 3.8) is 0 Å². The van der Waals surface area contributed by atoms with Crippen molar-refractivity contribution in [2.45, 2.75) is 18.2 Å². The van der Waals surface area contributed by atoms with Crippen molar-refractivity contribution in [2.24, 2.45) is 0 Å². The molecule has 0 radical (unpaired) electrons. The van der Waals surface area contributed by atoms with Gasteiger partial charge in [-0.3, -0.25) is 4.79 Å². The van der Waals surface area contributed by atoms with Crippen LogP contribution in [0.1, 0.15) is 11.3 Å². The SMILES string of the molecule is CNC(=O)CCNS(=O)(=O)c1cc(Br)sc1C. The van der Waals surface area contributed by atoms with Gasteiger partial charge in [0.1, 0.15) is 0 Å². The van der Waals surface area contributed by atoms with E-state index in [-0.39, 0.29) is 23.8 Å². The molecule has 0 spiro atoms. The Balaban J connectivity index is 2.70. The van der Waals surface area contributed by atoms with Gasteiger partial charge in [0.05, 0.1) is 8.68 Å². The molecule has 8 heteroatoms. The van der Waals surface area contributed by atoms with Crippen molar-refractivity contribution in [1.82, 2.24) is 10.0 Å². The van der Waals surface area contributed by atoms with Gasteiger partial charge in [-0.15, -0.1) is 11.3 Å². The molecule has 0 atom stereocenters. The maximum atomic E-state index is 11.9. The molecule has 0 aliphatic rings. The average molecular weight is 341 g/mol. The summed E-state index contributed by atoms with van der Waals surface area (Å²) in [4.78, 5) is 11.9. The molecule has 0 aliphatic carbocycles. The lowest BCUT2D eigenvalue weighted by Crippen LogP contribution is -2.29. The third-order valence-electron chi connectivity index (χ3n) is 2.05. The molecule has 0 aromatic carbocycles. The van der Waals surface area contributed by atoms with Crippen molar-refractivity contribution < 1.29 is 13.2 Å². The molecule has 0 fully saturated rings. The van der Waals surface area contributed by atoms with Crippen LogP contribution in [0.2, 0.25) is 0 Å². The topological polar surface area (TPSA) is 75.3 Å². The molecule has 17 heavy (non-hydrogen) atoms. The third kappa shape index (κ3) is 4.06. The van der Waals surface area contributed by atoms with Crippen LogP contribution in [0.25, 0.3) is 0 Å². The minimum absolute atomic E-state index is 0.0922. The Morgan fingerprint density at radius 1 is 1.53 bits per heavy atom. The van der Waals surface area contributed by atoms with Gasteiger partial charge >= 0.3 is 0 Å². The van der Waals surface area contributed by atoms with Gasteiger partial charge in [0.15, 0.2) is 0 Å². The number of hydrogen-bond donors (Lipinski definition) is 2. The van der Waals surface area contributed by atoms with Gasteiger partial charge in [-0.25, -0.2) is 13.1 Å². The highest BCUT2D eigenvalue weighted by Crippen LogP contribution is 2.29. The Kier molecular flexibility index (Phi) is 5.11. The molecular weight excluding hydrogens is 328 g/mol. The summed E-state index contributed by atoms with van der Waals surface area (Å²) in [6.07, 6.45) is 0.125. The highest BCUT2D eigenvalue weighted by atomic mass is 79.9. The maximum Gasteiger partial charge on any atom is 0.241 e. The molecule has 0 unspecified atom stereocenters. The van der Waals surface area contributed by atoms with Crippen molar-refractivity contribution in [2.75, 3.05) is 13.6 Å². The van der Waals surface area contributed by atoms with E-state index in [9.17, 15) is 13.2 Å². The van der Waals surface area contributed by atoms with Gasteiger partial charge in [-0.05, 0) is 28.9 Å². The van der Waals surface area contributed by atoms with Crippen LogP contribution in [-0.4, -0.2) is 27.9 Å². The monoisotopic (exact) mass is 340 g/mol. The predicted octanol–water partition coefficient (Wildman–Crippen LogP) is 1.23. The summed E-state index contributed by atoms with van der Waals surface area (Å²) in [5.74, 6) is -0.198. The molecule has 1 aromatic rings. The lowest BCUT2D eigenvalue weighted by atomic mass is 10.4. The maximum absolute atomic E-state index is 11.9. The molecule has 1 heterocycles. The van der Waals surface area contributed by atoms with E-state index in [0.717, 1.165) is 3.79 Å². The first kappa shape index (κ1) is 14.6. The lowest BCUT2D eigenvalue weighted by molar-refractivity contribution is -0.120. The fourth-order valence-electron chi connectivity index (χ4n) is 1.20. The second-order valence-electron chi connectivity index (χ2n) is 3.29. The Morgan fingerprint density at radius 2 is 2.18 bits per heavy atom. The van der Waals surface area contributed by atoms with Gasteiger partial charge in [-0.2, -0.15) is 0 Å². The van der Waals surface area contributed by atoms with E-state index in [1.165, 1.54) is 18.4 Å². The van der Waals surface area contributed by atoms with E-state index in [0.29, 0.717) is 4.88 Å². The van der Waals surface area contributed by atoms with E-state index < -0.39 is 10.0 Å². The number of halogens is 1. The number of thiophene rings is 1. The molecular formula is C9H13BrN2O3S2. The van der Waals surface area contributed by atoms with Crippen LogP contribution < -0.4 is 10.0 Å². The minimum atomic E-state index is -3.52. The highest BCUT2D eigenvalue weighted by molar-refractivity contribution is 9.11. The van der Waals surface area contributed by atoms with Crippen molar-refractivity contribution in [3.8, 4) is 0 Å². The van der Waals surface area contributed by atoms with Gasteiger partial charge < -0.3 is 5.32 Å². The molecule has 1 aromatic heterocycles. The van der Waals surface area contributed by atoms with Crippen LogP contribution in [0.15, 0.2) is 14.7 Å². The molecule has 5 nitrogen and oxygen atoms in total. The molecule has 1 amide bonds. The number of hydrogen-bond acceptors (Lipinski definition) is 4. The second-order valence-corrected chi connectivity index (χ2v) is 7.66. The first-order valence-electron chi connectivity index (χ1n) is 4.83. The van der Waals surface area contributed by atoms with Gasteiger partial charge in [0.25, 0.3) is 0 Å². The molecule has 1 rings (SSSR count). The average Bonchev–Trinajstić information content (AvgIpc) is 2.58. The van der Waals surface area contributed by atoms with E-state index in [1.807, 2.05) is 0 Å². The number of carbonyl (C=O) groups is 1. The standard InChI is InChI=1S/C9H13BrN2O3S2/c1-6-7(5-8(10)16-6)17(14,15)12-4-3-9(13)11-2/h5,12H,3-4H2,1-2H3,(H,11,13). The van der Waals surface area contributed by atoms with Gasteiger partial charge in [-0.1, -0.05) is 0 Å². The quantitative estimate of drug-likeness (QED) is 0.846. The fourth-order valence-corrected chi connectivity index (χ4v) is 4.64. The Morgan fingerprint density at radius 3 is 2.65 bits per heavy atom. The van der Waals surface area contributed by atoms with E-state index in [2.05, 4.69) is 26.0 Å². The van der Waals surface area contributed by atoms with E-state index >= 15 is 0 Å². The van der Waals surface area contributed by atoms with Crippen LogP contribution in [0.5, 0.6) is 0 Å². The minimum Gasteiger partial charge on any atom is -0.359 e. The molecule has 96 valence electrons. The summed E-state index contributed by atoms with van der Waals surface area (Å²) in [6.45, 7) is 1.83. The first-order chi connectivity index (χ1) is 7.86. The second kappa shape index (κ2) is 5.94. The lowest BCUT2D eigenvalue weighted by Gasteiger charge is -2.05. The number of rotatable bonds is 5. The largest absolute Gasteiger partial charge is 0.359 e. The highest BCUT2D eigenvalue weighted by Gasteiger charge is 2.19. The third-order valence-corrected chi connectivity index (χ3v) is 5.32. The normalized spacial score (nSPS) is 11.5. The zero-order valence-corrected chi connectivity index (χ0v) is 12.6. The molecule has 0 aliphatic heterocycles. The Labute approximate surface area is 113 Å². The summed E-state index contributed by atoms with van der Waals surface area (Å²) in [6, 6.07) is 1.56. The van der Waals surface area contributed by atoms with Crippen LogP contribution >= 0.6 is 27.3 Å². The summed E-state index contributed by atoms with van der Waals surface area (Å²) in [5.41, 5.74) is 0. The first-order valence-corrected chi connectivity index (χ1v) is 7.92. The Hall–Kier alpha value is -0.440. The number of carbonyl (C=O) groups excluding carboxylic acids is 1. The van der Waals surface area contributed by atoms with Crippen LogP contribution in [-0.2, 0) is 14.8 Å². The number of amides is 1. The summed E-state index contributed by atoms with van der Waals surface area (Å²) in [7, 11) is -2.01.